The van der Waals surface area contributed by atoms with Crippen LogP contribution in [0.5, 0.6) is 11.5 Å². The summed E-state index contributed by atoms with van der Waals surface area (Å²) >= 11 is 0. The van der Waals surface area contributed by atoms with Crippen LogP contribution in [0.2, 0.25) is 0 Å². The Morgan fingerprint density at radius 3 is 2.22 bits per heavy atom. The maximum absolute atomic E-state index is 12.5. The fourth-order valence-electron chi connectivity index (χ4n) is 3.28. The number of carbonyl (C=O) groups excluding carboxylic acids is 1. The van der Waals surface area contributed by atoms with Crippen molar-refractivity contribution >= 4 is 33.5 Å². The molecule has 10 heteroatoms. The lowest BCUT2D eigenvalue weighted by molar-refractivity contribution is 0.215. The molecule has 1 aliphatic rings. The number of rotatable bonds is 5. The number of amides is 2. The van der Waals surface area contributed by atoms with E-state index in [-0.39, 0.29) is 0 Å². The molecule has 1 heterocycles. The number of nitrogens with zero attached hydrogens (tertiary/aromatic N) is 3. The molecule has 0 atom stereocenters. The molecule has 9 nitrogen and oxygen atoms in total. The molecule has 0 fully saturated rings. The molecule has 0 unspecified atom stereocenters. The fourth-order valence-corrected chi connectivity index (χ4v) is 3.79. The molecule has 2 aromatic rings. The average Bonchev–Trinajstić information content (AvgIpc) is 2.92. The first-order valence-electron chi connectivity index (χ1n) is 9.70. The van der Waals surface area contributed by atoms with Gasteiger partial charge in [0.05, 0.1) is 31.9 Å². The second-order valence-corrected chi connectivity index (χ2v) is 9.19. The maximum Gasteiger partial charge on any atom is 0.342 e. The van der Waals surface area contributed by atoms with Crippen molar-refractivity contribution in [3.05, 3.63) is 58.8 Å². The van der Waals surface area contributed by atoms with Crippen molar-refractivity contribution in [2.45, 2.75) is 6.92 Å². The monoisotopic (exact) mass is 458 g/mol. The Morgan fingerprint density at radius 1 is 1.09 bits per heavy atom. The summed E-state index contributed by atoms with van der Waals surface area (Å²) in [5, 5.41) is 8.51. The first kappa shape index (κ1) is 23.1. The number of urea groups is 1. The molecular formula is C22H26N4O5S. The van der Waals surface area contributed by atoms with Crippen molar-refractivity contribution in [3.63, 3.8) is 0 Å². The smallest absolute Gasteiger partial charge is 0.342 e. The molecular weight excluding hydrogens is 432 g/mol. The number of ether oxygens (including phenoxy) is 2. The summed E-state index contributed by atoms with van der Waals surface area (Å²) in [4.78, 5) is 12.5. The van der Waals surface area contributed by atoms with Crippen LogP contribution in [-0.4, -0.2) is 59.7 Å². The summed E-state index contributed by atoms with van der Waals surface area (Å²) in [7, 11) is 2.73. The van der Waals surface area contributed by atoms with Gasteiger partial charge in [0.1, 0.15) is 0 Å². The van der Waals surface area contributed by atoms with Gasteiger partial charge in [0.15, 0.2) is 11.5 Å². The zero-order valence-corrected chi connectivity index (χ0v) is 19.6. The molecule has 0 bridgehead atoms. The van der Waals surface area contributed by atoms with E-state index in [4.69, 9.17) is 9.47 Å². The highest BCUT2D eigenvalue weighted by Gasteiger charge is 2.24. The molecule has 32 heavy (non-hydrogen) atoms. The Kier molecular flexibility index (Phi) is 6.45. The van der Waals surface area contributed by atoms with E-state index in [2.05, 4.69) is 10.4 Å². The van der Waals surface area contributed by atoms with Gasteiger partial charge in [-0.2, -0.15) is 10.1 Å². The molecule has 1 aliphatic heterocycles. The van der Waals surface area contributed by atoms with E-state index in [0.717, 1.165) is 17.4 Å². The van der Waals surface area contributed by atoms with Crippen molar-refractivity contribution < 1.29 is 22.7 Å². The van der Waals surface area contributed by atoms with E-state index in [1.54, 1.807) is 51.5 Å². The van der Waals surface area contributed by atoms with E-state index in [0.29, 0.717) is 34.2 Å². The lowest BCUT2D eigenvalue weighted by Gasteiger charge is -2.19. The van der Waals surface area contributed by atoms with Gasteiger partial charge in [0, 0.05) is 30.9 Å². The molecule has 3 rings (SSSR count). The normalized spacial score (nSPS) is 13.4. The number of nitrogens with one attached hydrogen (secondary N) is 1. The number of hydrazone groups is 1. The number of hydrogen-bond acceptors (Lipinski definition) is 6. The van der Waals surface area contributed by atoms with Crippen LogP contribution in [-0.2, 0) is 10.0 Å². The number of sulfonamides is 1. The molecule has 2 aromatic carbocycles. The van der Waals surface area contributed by atoms with Gasteiger partial charge in [-0.3, -0.25) is 4.31 Å². The number of allylic oxidation sites excluding steroid dienone is 1. The lowest BCUT2D eigenvalue weighted by Crippen LogP contribution is -2.33. The average molecular weight is 459 g/mol. The summed E-state index contributed by atoms with van der Waals surface area (Å²) in [5.41, 5.74) is 3.87. The van der Waals surface area contributed by atoms with Gasteiger partial charge in [0.25, 0.3) is 0 Å². The molecule has 0 spiro atoms. The number of anilines is 1. The summed E-state index contributed by atoms with van der Waals surface area (Å²) in [5.74, 6) is 1.07. The van der Waals surface area contributed by atoms with Crippen LogP contribution >= 0.6 is 0 Å². The van der Waals surface area contributed by atoms with Gasteiger partial charge in [-0.25, -0.2) is 13.2 Å². The van der Waals surface area contributed by atoms with E-state index < -0.39 is 16.1 Å². The van der Waals surface area contributed by atoms with Crippen LogP contribution in [0.4, 0.5) is 10.5 Å². The number of carbonyl (C=O) groups is 1. The summed E-state index contributed by atoms with van der Waals surface area (Å²) < 4.78 is 35.8. The van der Waals surface area contributed by atoms with Crippen molar-refractivity contribution in [1.29, 1.82) is 0 Å². The highest BCUT2D eigenvalue weighted by molar-refractivity contribution is 7.92. The molecule has 1 N–H and O–H groups in total. The van der Waals surface area contributed by atoms with Crippen LogP contribution in [0, 0.1) is 0 Å². The van der Waals surface area contributed by atoms with Gasteiger partial charge in [-0.05, 0) is 42.8 Å². The van der Waals surface area contributed by atoms with Crippen molar-refractivity contribution in [2.75, 3.05) is 38.9 Å². The lowest BCUT2D eigenvalue weighted by atomic mass is 9.96. The van der Waals surface area contributed by atoms with Crippen LogP contribution < -0.4 is 19.1 Å². The number of hydrogen-bond donors (Lipinski definition) is 1. The van der Waals surface area contributed by atoms with Crippen LogP contribution in [0.15, 0.2) is 47.2 Å². The van der Waals surface area contributed by atoms with Gasteiger partial charge < -0.3 is 14.8 Å². The molecule has 2 amide bonds. The van der Waals surface area contributed by atoms with Crippen LogP contribution in [0.3, 0.4) is 0 Å². The molecule has 0 aliphatic carbocycles. The topological polar surface area (TPSA) is 101 Å². The Hall–Kier alpha value is -3.53. The SMILES string of the molecule is CNC(=O)N1N=C(c2ccc(N(C)S(C)(=O)=O)cc2)c2cc(OC)c(OC)cc2C=C1C. The summed E-state index contributed by atoms with van der Waals surface area (Å²) in [6, 6.07) is 10.1. The molecule has 0 aromatic heterocycles. The maximum atomic E-state index is 12.5. The highest BCUT2D eigenvalue weighted by Crippen LogP contribution is 2.35. The van der Waals surface area contributed by atoms with E-state index in [1.807, 2.05) is 12.1 Å². The van der Waals surface area contributed by atoms with Gasteiger partial charge in [-0.1, -0.05) is 12.1 Å². The number of methoxy groups -OCH3 is 2. The first-order chi connectivity index (χ1) is 15.1. The zero-order valence-electron chi connectivity index (χ0n) is 18.8. The van der Waals surface area contributed by atoms with E-state index in [9.17, 15) is 13.2 Å². The Bertz CT molecular complexity index is 1200. The summed E-state index contributed by atoms with van der Waals surface area (Å²) in [6.07, 6.45) is 2.98. The third kappa shape index (κ3) is 4.40. The minimum absolute atomic E-state index is 0.392. The van der Waals surface area contributed by atoms with Crippen molar-refractivity contribution in [1.82, 2.24) is 10.3 Å². The predicted octanol–water partition coefficient (Wildman–Crippen LogP) is 2.87. The van der Waals surface area contributed by atoms with E-state index in [1.165, 1.54) is 23.4 Å². The first-order valence-corrected chi connectivity index (χ1v) is 11.5. The third-order valence-electron chi connectivity index (χ3n) is 5.12. The molecule has 0 saturated carbocycles. The minimum Gasteiger partial charge on any atom is -0.493 e. The highest BCUT2D eigenvalue weighted by atomic mass is 32.2. The third-order valence-corrected chi connectivity index (χ3v) is 6.32. The predicted molar refractivity (Wildman–Crippen MR) is 125 cm³/mol. The largest absolute Gasteiger partial charge is 0.493 e. The second-order valence-electron chi connectivity index (χ2n) is 7.17. The Morgan fingerprint density at radius 2 is 1.69 bits per heavy atom. The van der Waals surface area contributed by atoms with Gasteiger partial charge >= 0.3 is 6.03 Å². The minimum atomic E-state index is -3.39. The van der Waals surface area contributed by atoms with E-state index >= 15 is 0 Å². The van der Waals surface area contributed by atoms with Crippen molar-refractivity contribution in [3.8, 4) is 11.5 Å². The Labute approximate surface area is 188 Å². The molecule has 170 valence electrons. The number of fused-ring (bicyclic) bond motifs is 1. The standard InChI is InChI=1S/C22H26N4O5S/c1-14-11-16-12-19(30-4)20(31-5)13-18(16)21(24-26(14)22(27)23-2)15-7-9-17(10-8-15)25(3)32(6,28)29/h7-13H,1-6H3,(H,23,27). The second kappa shape index (κ2) is 8.91. The Balaban J connectivity index is 2.22. The van der Waals surface area contributed by atoms with Gasteiger partial charge in [-0.15, -0.1) is 0 Å². The quantitative estimate of drug-likeness (QED) is 0.743. The fraction of sp³-hybridized carbons (Fsp3) is 0.273. The van der Waals surface area contributed by atoms with Crippen LogP contribution in [0.1, 0.15) is 23.6 Å². The van der Waals surface area contributed by atoms with Crippen molar-refractivity contribution in [2.24, 2.45) is 5.10 Å². The molecule has 0 radical (unpaired) electrons. The van der Waals surface area contributed by atoms with Gasteiger partial charge in [0.2, 0.25) is 10.0 Å². The zero-order chi connectivity index (χ0) is 23.6. The summed E-state index contributed by atoms with van der Waals surface area (Å²) in [6.45, 7) is 1.78. The molecule has 0 saturated heterocycles. The number of benzene rings is 2. The van der Waals surface area contributed by atoms with Crippen LogP contribution in [0.25, 0.3) is 6.08 Å².